The molecule has 0 aliphatic rings. The topological polar surface area (TPSA) is 85.8 Å². The lowest BCUT2D eigenvalue weighted by molar-refractivity contribution is -0.113. The van der Waals surface area contributed by atoms with Crippen molar-refractivity contribution < 1.29 is 4.79 Å². The Morgan fingerprint density at radius 2 is 1.77 bits per heavy atom. The Kier molecular flexibility index (Phi) is 5.27. The molecule has 0 aliphatic carbocycles. The standard InChI is InChI=1S/C19H21N5OS/c1-12-4-7-15(8-5-12)18-22-23-19(24(18)20)26-11-17(25)21-16-9-6-13(2)10-14(16)3/h4-10H,11,20H2,1-3H3,(H,21,25). The number of rotatable bonds is 5. The van der Waals surface area contributed by atoms with Crippen LogP contribution in [-0.2, 0) is 4.79 Å². The van der Waals surface area contributed by atoms with Crippen molar-refractivity contribution in [1.82, 2.24) is 14.9 Å². The highest BCUT2D eigenvalue weighted by atomic mass is 32.2. The minimum absolute atomic E-state index is 0.109. The fourth-order valence-corrected chi connectivity index (χ4v) is 3.20. The number of hydrogen-bond acceptors (Lipinski definition) is 5. The maximum Gasteiger partial charge on any atom is 0.234 e. The van der Waals surface area contributed by atoms with Crippen LogP contribution >= 0.6 is 11.8 Å². The first kappa shape index (κ1) is 18.0. The lowest BCUT2D eigenvalue weighted by atomic mass is 10.1. The molecule has 6 nitrogen and oxygen atoms in total. The third-order valence-electron chi connectivity index (χ3n) is 3.96. The smallest absolute Gasteiger partial charge is 0.234 e. The molecule has 1 amide bonds. The number of nitrogens with two attached hydrogens (primary N) is 1. The Bertz CT molecular complexity index is 934. The van der Waals surface area contributed by atoms with Crippen LogP contribution in [0, 0.1) is 20.8 Å². The van der Waals surface area contributed by atoms with Gasteiger partial charge in [-0.2, -0.15) is 0 Å². The van der Waals surface area contributed by atoms with E-state index in [0.29, 0.717) is 11.0 Å². The summed E-state index contributed by atoms with van der Waals surface area (Å²) in [5.74, 6) is 6.76. The monoisotopic (exact) mass is 367 g/mol. The summed E-state index contributed by atoms with van der Waals surface area (Å²) in [4.78, 5) is 12.2. The molecule has 0 aliphatic heterocycles. The van der Waals surface area contributed by atoms with Crippen LogP contribution in [0.1, 0.15) is 16.7 Å². The lowest BCUT2D eigenvalue weighted by Crippen LogP contribution is -2.17. The summed E-state index contributed by atoms with van der Waals surface area (Å²) in [5, 5.41) is 11.6. The number of nitrogens with zero attached hydrogens (tertiary/aromatic N) is 3. The Morgan fingerprint density at radius 1 is 1.08 bits per heavy atom. The fourth-order valence-electron chi connectivity index (χ4n) is 2.55. The molecule has 0 fully saturated rings. The Hall–Kier alpha value is -2.80. The van der Waals surface area contributed by atoms with E-state index in [-0.39, 0.29) is 11.7 Å². The number of nitrogens with one attached hydrogen (secondary N) is 1. The van der Waals surface area contributed by atoms with Gasteiger partial charge in [-0.15, -0.1) is 10.2 Å². The minimum Gasteiger partial charge on any atom is -0.335 e. The van der Waals surface area contributed by atoms with Gasteiger partial charge in [0.05, 0.1) is 5.75 Å². The normalized spacial score (nSPS) is 10.7. The first-order chi connectivity index (χ1) is 12.4. The summed E-state index contributed by atoms with van der Waals surface area (Å²) < 4.78 is 1.42. The van der Waals surface area contributed by atoms with Crippen molar-refractivity contribution in [1.29, 1.82) is 0 Å². The number of amides is 1. The predicted octanol–water partition coefficient (Wildman–Crippen LogP) is 3.31. The highest BCUT2D eigenvalue weighted by Gasteiger charge is 2.14. The molecule has 7 heteroatoms. The number of thioether (sulfide) groups is 1. The van der Waals surface area contributed by atoms with Crippen LogP contribution in [0.15, 0.2) is 47.6 Å². The molecule has 2 aromatic carbocycles. The number of aromatic nitrogens is 3. The van der Waals surface area contributed by atoms with E-state index in [1.807, 2.05) is 63.2 Å². The zero-order valence-corrected chi connectivity index (χ0v) is 15.8. The number of aryl methyl sites for hydroxylation is 3. The highest BCUT2D eigenvalue weighted by Crippen LogP contribution is 2.22. The molecule has 0 saturated carbocycles. The van der Waals surface area contributed by atoms with Gasteiger partial charge in [-0.05, 0) is 32.4 Å². The molecule has 3 N–H and O–H groups in total. The Balaban J connectivity index is 1.64. The largest absolute Gasteiger partial charge is 0.335 e. The van der Waals surface area contributed by atoms with Crippen molar-refractivity contribution >= 4 is 23.4 Å². The summed E-state index contributed by atoms with van der Waals surface area (Å²) in [6.07, 6.45) is 0. The van der Waals surface area contributed by atoms with Crippen LogP contribution in [0.3, 0.4) is 0 Å². The molecular formula is C19H21N5OS. The van der Waals surface area contributed by atoms with Crippen LogP contribution in [-0.4, -0.2) is 26.5 Å². The lowest BCUT2D eigenvalue weighted by Gasteiger charge is -2.09. The number of benzene rings is 2. The predicted molar refractivity (Wildman–Crippen MR) is 106 cm³/mol. The average molecular weight is 367 g/mol. The third kappa shape index (κ3) is 4.05. The van der Waals surface area contributed by atoms with Crippen LogP contribution < -0.4 is 11.2 Å². The van der Waals surface area contributed by atoms with Crippen LogP contribution in [0.5, 0.6) is 0 Å². The second-order valence-corrected chi connectivity index (χ2v) is 7.14. The van der Waals surface area contributed by atoms with E-state index in [4.69, 9.17) is 5.84 Å². The molecule has 0 atom stereocenters. The molecule has 0 bridgehead atoms. The Labute approximate surface area is 156 Å². The molecule has 3 rings (SSSR count). The molecule has 26 heavy (non-hydrogen) atoms. The van der Waals surface area contributed by atoms with Gasteiger partial charge in [0.1, 0.15) is 0 Å². The zero-order chi connectivity index (χ0) is 18.7. The van der Waals surface area contributed by atoms with E-state index >= 15 is 0 Å². The summed E-state index contributed by atoms with van der Waals surface area (Å²) >= 11 is 1.25. The number of carbonyl (C=O) groups is 1. The van der Waals surface area contributed by atoms with Crippen molar-refractivity contribution in [2.45, 2.75) is 25.9 Å². The second kappa shape index (κ2) is 7.61. The van der Waals surface area contributed by atoms with E-state index in [0.717, 1.165) is 27.9 Å². The van der Waals surface area contributed by atoms with Crippen molar-refractivity contribution in [2.75, 3.05) is 16.9 Å². The third-order valence-corrected chi connectivity index (χ3v) is 4.91. The van der Waals surface area contributed by atoms with Gasteiger partial charge < -0.3 is 11.2 Å². The summed E-state index contributed by atoms with van der Waals surface area (Å²) in [5.41, 5.74) is 5.06. The maximum atomic E-state index is 12.2. The summed E-state index contributed by atoms with van der Waals surface area (Å²) in [7, 11) is 0. The first-order valence-corrected chi connectivity index (χ1v) is 9.20. The second-order valence-electron chi connectivity index (χ2n) is 6.20. The zero-order valence-electron chi connectivity index (χ0n) is 15.0. The quantitative estimate of drug-likeness (QED) is 0.534. The fraction of sp³-hybridized carbons (Fsp3) is 0.211. The van der Waals surface area contributed by atoms with E-state index in [2.05, 4.69) is 15.5 Å². The molecule has 1 heterocycles. The van der Waals surface area contributed by atoms with E-state index in [1.54, 1.807) is 0 Å². The first-order valence-electron chi connectivity index (χ1n) is 8.21. The van der Waals surface area contributed by atoms with Crippen LogP contribution in [0.25, 0.3) is 11.4 Å². The molecule has 0 unspecified atom stereocenters. The van der Waals surface area contributed by atoms with E-state index in [9.17, 15) is 4.79 Å². The van der Waals surface area contributed by atoms with E-state index < -0.39 is 0 Å². The number of carbonyl (C=O) groups excluding carboxylic acids is 1. The number of nitrogen functional groups attached to an aromatic ring is 1. The van der Waals surface area contributed by atoms with Gasteiger partial charge >= 0.3 is 0 Å². The maximum absolute atomic E-state index is 12.2. The highest BCUT2D eigenvalue weighted by molar-refractivity contribution is 7.99. The van der Waals surface area contributed by atoms with Gasteiger partial charge in [0, 0.05) is 11.3 Å². The molecule has 0 saturated heterocycles. The summed E-state index contributed by atoms with van der Waals surface area (Å²) in [6.45, 7) is 6.01. The average Bonchev–Trinajstić information content (AvgIpc) is 2.97. The molecule has 1 aromatic heterocycles. The van der Waals surface area contributed by atoms with Gasteiger partial charge in [0.15, 0.2) is 5.82 Å². The van der Waals surface area contributed by atoms with Crippen molar-refractivity contribution in [3.8, 4) is 11.4 Å². The molecule has 0 radical (unpaired) electrons. The number of anilines is 1. The van der Waals surface area contributed by atoms with Crippen molar-refractivity contribution in [3.05, 3.63) is 59.2 Å². The molecule has 134 valence electrons. The SMILES string of the molecule is Cc1ccc(-c2nnc(SCC(=O)Nc3ccc(C)cc3C)n2N)cc1. The van der Waals surface area contributed by atoms with Gasteiger partial charge in [0.2, 0.25) is 11.1 Å². The van der Waals surface area contributed by atoms with Crippen LogP contribution in [0.4, 0.5) is 5.69 Å². The van der Waals surface area contributed by atoms with Gasteiger partial charge in [-0.1, -0.05) is 59.3 Å². The van der Waals surface area contributed by atoms with Crippen molar-refractivity contribution in [2.24, 2.45) is 0 Å². The van der Waals surface area contributed by atoms with Gasteiger partial charge in [0.25, 0.3) is 0 Å². The number of hydrogen-bond donors (Lipinski definition) is 2. The summed E-state index contributed by atoms with van der Waals surface area (Å²) in [6, 6.07) is 13.8. The van der Waals surface area contributed by atoms with Crippen molar-refractivity contribution in [3.63, 3.8) is 0 Å². The minimum atomic E-state index is -0.109. The molecule has 0 spiro atoms. The van der Waals surface area contributed by atoms with Crippen LogP contribution in [0.2, 0.25) is 0 Å². The molecular weight excluding hydrogens is 346 g/mol. The van der Waals surface area contributed by atoms with Gasteiger partial charge in [-0.25, -0.2) is 4.68 Å². The Morgan fingerprint density at radius 3 is 2.46 bits per heavy atom. The van der Waals surface area contributed by atoms with Gasteiger partial charge in [-0.3, -0.25) is 4.79 Å². The molecule has 3 aromatic rings. The van der Waals surface area contributed by atoms with E-state index in [1.165, 1.54) is 16.4 Å².